The molecule has 148 valence electrons. The molecule has 1 aliphatic carbocycles. The number of amides is 2. The van der Waals surface area contributed by atoms with Gasteiger partial charge in [0.15, 0.2) is 6.04 Å². The van der Waals surface area contributed by atoms with Gasteiger partial charge in [0.25, 0.3) is 5.92 Å². The molecule has 1 N–H and O–H groups in total. The minimum Gasteiger partial charge on any atom is -0.351 e. The number of aromatic nitrogens is 1. The smallest absolute Gasteiger partial charge is 0.252 e. The number of hydrogen-bond donors (Lipinski definition) is 1. The van der Waals surface area contributed by atoms with E-state index in [1.807, 2.05) is 0 Å². The van der Waals surface area contributed by atoms with E-state index in [9.17, 15) is 27.2 Å². The summed E-state index contributed by atoms with van der Waals surface area (Å²) in [6, 6.07) is 2.90. The van der Waals surface area contributed by atoms with E-state index < -0.39 is 48.4 Å². The van der Waals surface area contributed by atoms with Crippen LogP contribution in [0, 0.1) is 11.6 Å². The van der Waals surface area contributed by atoms with E-state index in [1.54, 1.807) is 0 Å². The number of halogens is 5. The van der Waals surface area contributed by atoms with Gasteiger partial charge in [0, 0.05) is 31.1 Å². The van der Waals surface area contributed by atoms with Crippen LogP contribution in [0.2, 0.25) is 5.02 Å². The van der Waals surface area contributed by atoms with Gasteiger partial charge in [-0.2, -0.15) is 0 Å². The number of nitrogens with zero attached hydrogens (tertiary/aromatic N) is 2. The van der Waals surface area contributed by atoms with Crippen molar-refractivity contribution in [2.45, 2.75) is 30.8 Å². The molecule has 2 amide bonds. The number of anilines is 1. The predicted octanol–water partition coefficient (Wildman–Crippen LogP) is 3.63. The van der Waals surface area contributed by atoms with Gasteiger partial charge in [-0.05, 0) is 24.3 Å². The first-order chi connectivity index (χ1) is 13.2. The first-order valence-corrected chi connectivity index (χ1v) is 8.56. The van der Waals surface area contributed by atoms with Crippen LogP contribution >= 0.6 is 11.6 Å². The van der Waals surface area contributed by atoms with Gasteiger partial charge in [0.05, 0.1) is 16.4 Å². The van der Waals surface area contributed by atoms with Gasteiger partial charge < -0.3 is 5.32 Å². The van der Waals surface area contributed by atoms with E-state index in [-0.39, 0.29) is 22.8 Å². The molecule has 10 heteroatoms. The average Bonchev–Trinajstić information content (AvgIpc) is 2.57. The maximum atomic E-state index is 13.6. The second-order valence-electron chi connectivity index (χ2n) is 6.38. The summed E-state index contributed by atoms with van der Waals surface area (Å²) < 4.78 is 53.4. The largest absolute Gasteiger partial charge is 0.351 e. The molecule has 1 aliphatic rings. The molecule has 3 rings (SSSR count). The molecule has 1 atom stereocenters. The van der Waals surface area contributed by atoms with Gasteiger partial charge in [-0.1, -0.05) is 11.6 Å². The fraction of sp³-hybridized carbons (Fsp3) is 0.278. The SMILES string of the molecule is O=CN(c1cc(F)cc(F)c1)[C@H](C(=O)NC1CC(F)(F)C1)c1ncccc1Cl. The number of rotatable bonds is 6. The number of carbonyl (C=O) groups is 2. The Hall–Kier alpha value is -2.68. The van der Waals surface area contributed by atoms with Crippen LogP contribution in [0.4, 0.5) is 23.2 Å². The second kappa shape index (κ2) is 7.75. The zero-order valence-corrected chi connectivity index (χ0v) is 15.0. The van der Waals surface area contributed by atoms with Crippen LogP contribution in [0.1, 0.15) is 24.6 Å². The Balaban J connectivity index is 1.98. The van der Waals surface area contributed by atoms with E-state index in [2.05, 4.69) is 10.3 Å². The molecule has 5 nitrogen and oxygen atoms in total. The van der Waals surface area contributed by atoms with Crippen LogP contribution in [0.15, 0.2) is 36.5 Å². The van der Waals surface area contributed by atoms with Gasteiger partial charge >= 0.3 is 0 Å². The molecule has 0 radical (unpaired) electrons. The summed E-state index contributed by atoms with van der Waals surface area (Å²) in [4.78, 5) is 29.3. The molecule has 0 saturated heterocycles. The fourth-order valence-electron chi connectivity index (χ4n) is 2.98. The fourth-order valence-corrected chi connectivity index (χ4v) is 3.21. The molecule has 2 aromatic rings. The lowest BCUT2D eigenvalue weighted by molar-refractivity contribution is -0.131. The van der Waals surface area contributed by atoms with Crippen molar-refractivity contribution in [1.29, 1.82) is 0 Å². The summed E-state index contributed by atoms with van der Waals surface area (Å²) in [5, 5.41) is 2.42. The van der Waals surface area contributed by atoms with E-state index in [1.165, 1.54) is 18.3 Å². The third-order valence-electron chi connectivity index (χ3n) is 4.27. The van der Waals surface area contributed by atoms with E-state index in [4.69, 9.17) is 11.6 Å². The summed E-state index contributed by atoms with van der Waals surface area (Å²) in [6.07, 6.45) is 0.418. The normalized spacial score (nSPS) is 16.8. The zero-order chi connectivity index (χ0) is 20.5. The molecule has 0 aliphatic heterocycles. The number of pyridine rings is 1. The van der Waals surface area contributed by atoms with Crippen molar-refractivity contribution in [3.63, 3.8) is 0 Å². The average molecular weight is 416 g/mol. The minimum atomic E-state index is -2.87. The van der Waals surface area contributed by atoms with Gasteiger partial charge in [-0.25, -0.2) is 17.6 Å². The molecule has 1 heterocycles. The van der Waals surface area contributed by atoms with E-state index in [0.29, 0.717) is 6.07 Å². The van der Waals surface area contributed by atoms with Crippen molar-refractivity contribution in [2.75, 3.05) is 4.90 Å². The van der Waals surface area contributed by atoms with Crippen molar-refractivity contribution < 1.29 is 27.2 Å². The van der Waals surface area contributed by atoms with Gasteiger partial charge in [0.2, 0.25) is 12.3 Å². The lowest BCUT2D eigenvalue weighted by atomic mass is 9.88. The number of benzene rings is 1. The maximum Gasteiger partial charge on any atom is 0.252 e. The van der Waals surface area contributed by atoms with Crippen LogP contribution < -0.4 is 10.2 Å². The van der Waals surface area contributed by atoms with Crippen LogP contribution in [0.25, 0.3) is 0 Å². The van der Waals surface area contributed by atoms with Crippen molar-refractivity contribution in [2.24, 2.45) is 0 Å². The monoisotopic (exact) mass is 415 g/mol. The highest BCUT2D eigenvalue weighted by Gasteiger charge is 2.47. The maximum absolute atomic E-state index is 13.6. The Kier molecular flexibility index (Phi) is 5.55. The van der Waals surface area contributed by atoms with Crippen LogP contribution in [-0.2, 0) is 9.59 Å². The lowest BCUT2D eigenvalue weighted by Gasteiger charge is -2.37. The first-order valence-electron chi connectivity index (χ1n) is 8.18. The number of hydrogen-bond acceptors (Lipinski definition) is 3. The Morgan fingerprint density at radius 1 is 1.29 bits per heavy atom. The Morgan fingerprint density at radius 2 is 1.93 bits per heavy atom. The highest BCUT2D eigenvalue weighted by atomic mass is 35.5. The summed E-state index contributed by atoms with van der Waals surface area (Å²) in [5.41, 5.74) is -0.321. The molecule has 1 saturated carbocycles. The molecule has 0 unspecified atom stereocenters. The van der Waals surface area contributed by atoms with Gasteiger partial charge in [-0.15, -0.1) is 0 Å². The Bertz CT molecular complexity index is 884. The zero-order valence-electron chi connectivity index (χ0n) is 14.2. The van der Waals surface area contributed by atoms with Crippen molar-refractivity contribution in [3.05, 3.63) is 58.9 Å². The lowest BCUT2D eigenvalue weighted by Crippen LogP contribution is -2.53. The summed E-state index contributed by atoms with van der Waals surface area (Å²) >= 11 is 6.09. The third-order valence-corrected chi connectivity index (χ3v) is 4.59. The third kappa shape index (κ3) is 4.24. The van der Waals surface area contributed by atoms with E-state index in [0.717, 1.165) is 17.0 Å². The molecule has 0 bridgehead atoms. The standard InChI is InChI=1S/C18H14ClF4N3O2/c19-14-2-1-3-24-15(14)16(17(28)25-12-7-18(22,23)8-12)26(9-27)13-5-10(20)4-11(21)6-13/h1-6,9,12,16H,7-8H2,(H,25,28)/t16-/m0/s1. The van der Waals surface area contributed by atoms with Crippen molar-refractivity contribution in [1.82, 2.24) is 10.3 Å². The minimum absolute atomic E-state index is 0.0188. The molecule has 1 aromatic heterocycles. The van der Waals surface area contributed by atoms with Gasteiger partial charge in [0.1, 0.15) is 11.6 Å². The van der Waals surface area contributed by atoms with Crippen LogP contribution in [0.3, 0.4) is 0 Å². The van der Waals surface area contributed by atoms with Crippen LogP contribution in [-0.4, -0.2) is 29.3 Å². The Labute approximate surface area is 162 Å². The van der Waals surface area contributed by atoms with Crippen molar-refractivity contribution in [3.8, 4) is 0 Å². The topological polar surface area (TPSA) is 62.3 Å². The molecule has 0 spiro atoms. The molecule has 1 fully saturated rings. The number of nitrogens with one attached hydrogen (secondary N) is 1. The van der Waals surface area contributed by atoms with E-state index >= 15 is 0 Å². The predicted molar refractivity (Wildman–Crippen MR) is 93.0 cm³/mol. The number of alkyl halides is 2. The summed E-state index contributed by atoms with van der Waals surface area (Å²) in [6.45, 7) is 0. The highest BCUT2D eigenvalue weighted by Crippen LogP contribution is 2.38. The summed E-state index contributed by atoms with van der Waals surface area (Å²) in [5.74, 6) is -5.65. The molecule has 28 heavy (non-hydrogen) atoms. The second-order valence-corrected chi connectivity index (χ2v) is 6.79. The Morgan fingerprint density at radius 3 is 2.46 bits per heavy atom. The van der Waals surface area contributed by atoms with Crippen LogP contribution in [0.5, 0.6) is 0 Å². The van der Waals surface area contributed by atoms with Gasteiger partial charge in [-0.3, -0.25) is 19.5 Å². The molecular weight excluding hydrogens is 402 g/mol. The number of carbonyl (C=O) groups excluding carboxylic acids is 2. The summed E-state index contributed by atoms with van der Waals surface area (Å²) in [7, 11) is 0. The first kappa shape index (κ1) is 20.1. The van der Waals surface area contributed by atoms with Crippen molar-refractivity contribution >= 4 is 29.6 Å². The highest BCUT2D eigenvalue weighted by molar-refractivity contribution is 6.31. The molecule has 1 aromatic carbocycles. The quantitative estimate of drug-likeness (QED) is 0.579. The molecular formula is C18H14ClF4N3O2.